The zero-order chi connectivity index (χ0) is 30.3. The van der Waals surface area contributed by atoms with E-state index in [1.54, 1.807) is 12.1 Å². The van der Waals surface area contributed by atoms with E-state index >= 15 is 0 Å². The monoisotopic (exact) mass is 576 g/mol. The molecule has 5 nitrogen and oxygen atoms in total. The van der Waals surface area contributed by atoms with Gasteiger partial charge >= 0.3 is 0 Å². The second-order valence-electron chi connectivity index (χ2n) is 11.9. The van der Waals surface area contributed by atoms with Gasteiger partial charge in [0, 0.05) is 28.9 Å². The average Bonchev–Trinajstić information content (AvgIpc) is 3.25. The Kier molecular flexibility index (Phi) is 6.66. The van der Waals surface area contributed by atoms with Crippen molar-refractivity contribution >= 4 is 35.7 Å². The Morgan fingerprint density at radius 1 is 0.705 bits per heavy atom. The van der Waals surface area contributed by atoms with Crippen molar-refractivity contribution in [1.29, 1.82) is 0 Å². The van der Waals surface area contributed by atoms with Crippen LogP contribution >= 0.6 is 0 Å². The molecule has 0 amide bonds. The minimum absolute atomic E-state index is 0.0685. The molecule has 7 rings (SSSR count). The number of hydrogen-bond acceptors (Lipinski definition) is 4. The van der Waals surface area contributed by atoms with Gasteiger partial charge < -0.3 is 9.64 Å². The lowest BCUT2D eigenvalue weighted by molar-refractivity contribution is -0.385. The molecule has 0 spiro atoms. The number of nitrogens with zero attached hydrogens (tertiary/aromatic N) is 2. The first-order valence-electron chi connectivity index (χ1n) is 14.8. The van der Waals surface area contributed by atoms with E-state index in [4.69, 9.17) is 4.74 Å². The van der Waals surface area contributed by atoms with Gasteiger partial charge in [-0.2, -0.15) is 0 Å². The number of ether oxygens (including phenoxy) is 1. The number of anilines is 1. The molecule has 5 aromatic rings. The van der Waals surface area contributed by atoms with Crippen molar-refractivity contribution in [3.63, 3.8) is 0 Å². The van der Waals surface area contributed by atoms with Gasteiger partial charge in [-0.1, -0.05) is 115 Å². The van der Waals surface area contributed by atoms with Gasteiger partial charge in [0.1, 0.15) is 5.75 Å². The fourth-order valence-electron chi connectivity index (χ4n) is 6.60. The van der Waals surface area contributed by atoms with E-state index in [1.807, 2.05) is 36.4 Å². The quantitative estimate of drug-likeness (QED) is 0.115. The highest BCUT2D eigenvalue weighted by atomic mass is 16.6. The molecule has 0 saturated carbocycles. The summed E-state index contributed by atoms with van der Waals surface area (Å²) in [6, 6.07) is 40.6. The summed E-state index contributed by atoms with van der Waals surface area (Å²) >= 11 is 0. The van der Waals surface area contributed by atoms with E-state index in [1.165, 1.54) is 17.2 Å². The first-order valence-corrected chi connectivity index (χ1v) is 14.8. The summed E-state index contributed by atoms with van der Waals surface area (Å²) in [5, 5.41) is 11.5. The van der Waals surface area contributed by atoms with E-state index in [0.29, 0.717) is 12.3 Å². The summed E-state index contributed by atoms with van der Waals surface area (Å²) in [5.74, 6) is 0.679. The van der Waals surface area contributed by atoms with Crippen LogP contribution in [0.1, 0.15) is 52.8 Å². The van der Waals surface area contributed by atoms with E-state index in [-0.39, 0.29) is 10.6 Å². The summed E-state index contributed by atoms with van der Waals surface area (Å²) in [6.45, 7) is 4.96. The average molecular weight is 577 g/mol. The maximum absolute atomic E-state index is 11.5. The molecule has 5 heteroatoms. The van der Waals surface area contributed by atoms with Crippen LogP contribution in [0.25, 0.3) is 24.3 Å². The molecule has 2 aliphatic rings. The highest BCUT2D eigenvalue weighted by Gasteiger charge is 2.62. The van der Waals surface area contributed by atoms with E-state index in [9.17, 15) is 10.1 Å². The lowest BCUT2D eigenvalue weighted by atomic mass is 9.73. The van der Waals surface area contributed by atoms with Crippen molar-refractivity contribution in [2.24, 2.45) is 0 Å². The largest absolute Gasteiger partial charge is 0.462 e. The summed E-state index contributed by atoms with van der Waals surface area (Å²) in [5.41, 5.74) is 7.46. The first kappa shape index (κ1) is 27.4. The number of non-ortho nitro benzene ring substituents is 1. The molecule has 0 radical (unpaired) electrons. The Labute approximate surface area is 257 Å². The number of benzene rings is 5. The molecule has 1 atom stereocenters. The fraction of sp³-hybridized carbons (Fsp3) is 0.128. The topological polar surface area (TPSA) is 55.6 Å². The Bertz CT molecular complexity index is 1910. The maximum Gasteiger partial charge on any atom is 0.270 e. The van der Waals surface area contributed by atoms with Crippen molar-refractivity contribution < 1.29 is 9.66 Å². The summed E-state index contributed by atoms with van der Waals surface area (Å²) in [7, 11) is 0. The fourth-order valence-corrected chi connectivity index (χ4v) is 6.60. The molecule has 2 heterocycles. The number of fused-ring (bicyclic) bond motifs is 4. The summed E-state index contributed by atoms with van der Waals surface area (Å²) in [4.78, 5) is 13.5. The smallest absolute Gasteiger partial charge is 0.270 e. The third-order valence-electron chi connectivity index (χ3n) is 8.89. The molecule has 2 aliphatic heterocycles. The highest BCUT2D eigenvalue weighted by Crippen LogP contribution is 2.60. The molecule has 5 aromatic carbocycles. The predicted octanol–water partition coefficient (Wildman–Crippen LogP) is 9.48. The Morgan fingerprint density at radius 3 is 1.91 bits per heavy atom. The van der Waals surface area contributed by atoms with E-state index in [0.717, 1.165) is 33.5 Å². The molecule has 0 saturated heterocycles. The Morgan fingerprint density at radius 2 is 1.27 bits per heavy atom. The predicted molar refractivity (Wildman–Crippen MR) is 178 cm³/mol. The van der Waals surface area contributed by atoms with Crippen molar-refractivity contribution in [1.82, 2.24) is 0 Å². The minimum atomic E-state index is -0.814. The lowest BCUT2D eigenvalue weighted by Gasteiger charge is -2.50. The molecule has 0 aromatic heterocycles. The molecule has 44 heavy (non-hydrogen) atoms. The second kappa shape index (κ2) is 10.7. The second-order valence-corrected chi connectivity index (χ2v) is 11.9. The number of nitro groups is 1. The zero-order valence-corrected chi connectivity index (χ0v) is 24.7. The Hall–Kier alpha value is -5.42. The molecular formula is C39H32N2O3. The van der Waals surface area contributed by atoms with Crippen LogP contribution < -0.4 is 9.64 Å². The van der Waals surface area contributed by atoms with E-state index in [2.05, 4.69) is 110 Å². The van der Waals surface area contributed by atoms with Crippen LogP contribution in [0.4, 0.5) is 11.4 Å². The van der Waals surface area contributed by atoms with Gasteiger partial charge in [-0.3, -0.25) is 10.1 Å². The molecule has 0 bridgehead atoms. The van der Waals surface area contributed by atoms with Crippen molar-refractivity contribution in [2.75, 3.05) is 4.90 Å². The van der Waals surface area contributed by atoms with Gasteiger partial charge in [0.05, 0.1) is 16.9 Å². The van der Waals surface area contributed by atoms with Crippen molar-refractivity contribution in [3.05, 3.63) is 170 Å². The standard InChI is InChI=1S/C39H32N2O3/c1-38(2)35-25-31(20-19-30-17-15-29(16-18-30)14-13-28-9-5-3-6-10-28)21-23-36(35)40-27-32-26-34(41(42)43)22-24-37(32)44-39(38,40)33-11-7-4-8-12-33/h3-26H,27H2,1-2H3/b14-13+,20-19-. The van der Waals surface area contributed by atoms with Gasteiger partial charge in [0.25, 0.3) is 5.69 Å². The summed E-state index contributed by atoms with van der Waals surface area (Å²) in [6.07, 6.45) is 8.54. The Balaban J connectivity index is 1.22. The van der Waals surface area contributed by atoms with Gasteiger partial charge in [-0.15, -0.1) is 0 Å². The number of hydrogen-bond donors (Lipinski definition) is 0. The molecule has 0 fully saturated rings. The lowest BCUT2D eigenvalue weighted by Crippen LogP contribution is -2.58. The van der Waals surface area contributed by atoms with Gasteiger partial charge in [-0.25, -0.2) is 0 Å². The molecule has 0 aliphatic carbocycles. The van der Waals surface area contributed by atoms with Crippen LogP contribution in [0, 0.1) is 10.1 Å². The number of nitro benzene ring substituents is 1. The molecule has 0 N–H and O–H groups in total. The SMILES string of the molecule is CC1(C)c2cc(/C=C\c3ccc(/C=C/c4ccccc4)cc3)ccc2N2Cc3cc([N+](=O)[O-])ccc3OC21c1ccccc1. The van der Waals surface area contributed by atoms with Crippen LogP contribution in [0.2, 0.25) is 0 Å². The molecular weight excluding hydrogens is 544 g/mol. The van der Waals surface area contributed by atoms with Crippen LogP contribution in [0.15, 0.2) is 121 Å². The van der Waals surface area contributed by atoms with Gasteiger partial charge in [0.2, 0.25) is 5.72 Å². The third kappa shape index (κ3) is 4.58. The van der Waals surface area contributed by atoms with Crippen LogP contribution in [-0.4, -0.2) is 4.92 Å². The number of rotatable bonds is 6. The normalized spacial score (nSPS) is 18.1. The van der Waals surface area contributed by atoms with E-state index < -0.39 is 11.1 Å². The van der Waals surface area contributed by atoms with Crippen LogP contribution in [-0.2, 0) is 17.7 Å². The molecule has 1 unspecified atom stereocenters. The van der Waals surface area contributed by atoms with Crippen LogP contribution in [0.3, 0.4) is 0 Å². The van der Waals surface area contributed by atoms with Gasteiger partial charge in [0.15, 0.2) is 0 Å². The molecule has 216 valence electrons. The van der Waals surface area contributed by atoms with Gasteiger partial charge in [-0.05, 0) is 59.9 Å². The summed E-state index contributed by atoms with van der Waals surface area (Å²) < 4.78 is 6.97. The zero-order valence-electron chi connectivity index (χ0n) is 24.7. The van der Waals surface area contributed by atoms with Crippen molar-refractivity contribution in [3.8, 4) is 5.75 Å². The van der Waals surface area contributed by atoms with Crippen molar-refractivity contribution in [2.45, 2.75) is 31.5 Å². The maximum atomic E-state index is 11.5. The minimum Gasteiger partial charge on any atom is -0.462 e. The van der Waals surface area contributed by atoms with Crippen LogP contribution in [0.5, 0.6) is 5.75 Å². The highest BCUT2D eigenvalue weighted by molar-refractivity contribution is 5.77. The third-order valence-corrected chi connectivity index (χ3v) is 8.89. The first-order chi connectivity index (χ1) is 21.3.